The Morgan fingerprint density at radius 1 is 1.18 bits per heavy atom. The Bertz CT molecular complexity index is 1070. The van der Waals surface area contributed by atoms with Crippen LogP contribution in [-0.4, -0.2) is 22.5 Å². The zero-order chi connectivity index (χ0) is 19.3. The van der Waals surface area contributed by atoms with Crippen LogP contribution in [0.2, 0.25) is 0 Å². The normalized spacial score (nSPS) is 10.6. The lowest BCUT2D eigenvalue weighted by molar-refractivity contribution is 0.102. The summed E-state index contributed by atoms with van der Waals surface area (Å²) < 4.78 is 10.7. The first kappa shape index (κ1) is 17.9. The molecule has 1 N–H and O–H groups in total. The van der Waals surface area contributed by atoms with Crippen molar-refractivity contribution in [1.29, 1.82) is 0 Å². The van der Waals surface area contributed by atoms with E-state index in [4.69, 9.17) is 9.15 Å². The first-order valence-electron chi connectivity index (χ1n) is 8.72. The number of anilines is 1. The number of aromatic nitrogens is 2. The Morgan fingerprint density at radius 3 is 2.79 bits per heavy atom. The predicted molar refractivity (Wildman–Crippen MR) is 109 cm³/mol. The van der Waals surface area contributed by atoms with Gasteiger partial charge in [-0.1, -0.05) is 12.1 Å². The summed E-state index contributed by atoms with van der Waals surface area (Å²) in [4.78, 5) is 20.9. The maximum absolute atomic E-state index is 12.6. The Morgan fingerprint density at radius 2 is 2.04 bits per heavy atom. The van der Waals surface area contributed by atoms with Gasteiger partial charge in [0.05, 0.1) is 12.8 Å². The number of hydrogen-bond acceptors (Lipinski definition) is 6. The van der Waals surface area contributed by atoms with Crippen LogP contribution in [0.4, 0.5) is 5.69 Å². The molecule has 0 unspecified atom stereocenters. The number of amides is 1. The SMILES string of the molecule is CCOc1ccc(-c2nc(C(=O)Nc3cccc(-c4cnco4)c3)cs2)cc1. The van der Waals surface area contributed by atoms with Crippen LogP contribution in [-0.2, 0) is 0 Å². The maximum atomic E-state index is 12.6. The van der Waals surface area contributed by atoms with Crippen LogP contribution in [0.15, 0.2) is 70.9 Å². The highest BCUT2D eigenvalue weighted by atomic mass is 32.1. The van der Waals surface area contributed by atoms with Crippen molar-refractivity contribution in [3.05, 3.63) is 72.2 Å². The number of thiazole rings is 1. The highest BCUT2D eigenvalue weighted by Crippen LogP contribution is 2.27. The molecule has 0 saturated heterocycles. The summed E-state index contributed by atoms with van der Waals surface area (Å²) in [5.74, 6) is 1.19. The number of rotatable bonds is 6. The summed E-state index contributed by atoms with van der Waals surface area (Å²) in [7, 11) is 0. The average Bonchev–Trinajstić information content (AvgIpc) is 3.42. The number of carbonyl (C=O) groups is 1. The van der Waals surface area contributed by atoms with Gasteiger partial charge in [0.15, 0.2) is 12.2 Å². The number of benzene rings is 2. The van der Waals surface area contributed by atoms with Gasteiger partial charge in [-0.25, -0.2) is 9.97 Å². The standard InChI is InChI=1S/C21H17N3O3S/c1-2-26-17-8-6-14(7-9-17)21-24-18(12-28-21)20(25)23-16-5-3-4-15(10-16)19-11-22-13-27-19/h3-13H,2H2,1H3,(H,23,25). The highest BCUT2D eigenvalue weighted by Gasteiger charge is 2.13. The Labute approximate surface area is 165 Å². The summed E-state index contributed by atoms with van der Waals surface area (Å²) in [5, 5.41) is 5.41. The van der Waals surface area contributed by atoms with E-state index >= 15 is 0 Å². The molecule has 0 aliphatic rings. The Kier molecular flexibility index (Phi) is 5.16. The van der Waals surface area contributed by atoms with Gasteiger partial charge in [-0.3, -0.25) is 4.79 Å². The van der Waals surface area contributed by atoms with Crippen molar-refractivity contribution in [1.82, 2.24) is 9.97 Å². The molecule has 2 heterocycles. The van der Waals surface area contributed by atoms with Crippen molar-refractivity contribution in [2.24, 2.45) is 0 Å². The van der Waals surface area contributed by atoms with Crippen molar-refractivity contribution >= 4 is 22.9 Å². The zero-order valence-electron chi connectivity index (χ0n) is 15.1. The van der Waals surface area contributed by atoms with Crippen LogP contribution in [0.25, 0.3) is 21.9 Å². The molecule has 0 aliphatic carbocycles. The highest BCUT2D eigenvalue weighted by molar-refractivity contribution is 7.13. The molecule has 0 atom stereocenters. The van der Waals surface area contributed by atoms with E-state index in [1.165, 1.54) is 17.7 Å². The quantitative estimate of drug-likeness (QED) is 0.494. The maximum Gasteiger partial charge on any atom is 0.275 e. The van der Waals surface area contributed by atoms with E-state index in [1.807, 2.05) is 55.5 Å². The van der Waals surface area contributed by atoms with Gasteiger partial charge in [-0.05, 0) is 43.3 Å². The van der Waals surface area contributed by atoms with Gasteiger partial charge in [0.2, 0.25) is 0 Å². The van der Waals surface area contributed by atoms with Gasteiger partial charge in [0, 0.05) is 22.2 Å². The zero-order valence-corrected chi connectivity index (χ0v) is 15.9. The molecule has 28 heavy (non-hydrogen) atoms. The minimum atomic E-state index is -0.261. The van der Waals surface area contributed by atoms with Gasteiger partial charge in [0.25, 0.3) is 5.91 Å². The van der Waals surface area contributed by atoms with E-state index in [0.717, 1.165) is 21.9 Å². The molecule has 0 radical (unpaired) electrons. The molecule has 2 aromatic heterocycles. The van der Waals surface area contributed by atoms with E-state index in [9.17, 15) is 4.79 Å². The summed E-state index contributed by atoms with van der Waals surface area (Å²) in [6.45, 7) is 2.57. The lowest BCUT2D eigenvalue weighted by Gasteiger charge is -2.05. The van der Waals surface area contributed by atoms with Gasteiger partial charge in [-0.2, -0.15) is 0 Å². The van der Waals surface area contributed by atoms with Gasteiger partial charge < -0.3 is 14.5 Å². The second kappa shape index (κ2) is 8.06. The molecule has 0 bridgehead atoms. The lowest BCUT2D eigenvalue weighted by Crippen LogP contribution is -2.12. The van der Waals surface area contributed by atoms with E-state index in [1.54, 1.807) is 11.6 Å². The second-order valence-corrected chi connectivity index (χ2v) is 6.75. The predicted octanol–water partition coefficient (Wildman–Crippen LogP) is 5.12. The molecule has 0 spiro atoms. The first-order valence-corrected chi connectivity index (χ1v) is 9.60. The van der Waals surface area contributed by atoms with Crippen molar-refractivity contribution in [2.75, 3.05) is 11.9 Å². The van der Waals surface area contributed by atoms with Crippen molar-refractivity contribution < 1.29 is 13.9 Å². The van der Waals surface area contributed by atoms with Crippen molar-refractivity contribution in [3.8, 4) is 27.6 Å². The fourth-order valence-corrected chi connectivity index (χ4v) is 3.48. The van der Waals surface area contributed by atoms with Crippen molar-refractivity contribution in [3.63, 3.8) is 0 Å². The topological polar surface area (TPSA) is 77.2 Å². The smallest absolute Gasteiger partial charge is 0.275 e. The molecular formula is C21H17N3O3S. The monoisotopic (exact) mass is 391 g/mol. The third-order valence-electron chi connectivity index (χ3n) is 3.99. The molecule has 2 aromatic carbocycles. The third-order valence-corrected chi connectivity index (χ3v) is 4.88. The molecule has 7 heteroatoms. The molecule has 4 rings (SSSR count). The summed E-state index contributed by atoms with van der Waals surface area (Å²) >= 11 is 1.43. The summed E-state index contributed by atoms with van der Waals surface area (Å²) in [6.07, 6.45) is 3.00. The number of oxazole rings is 1. The molecule has 0 aliphatic heterocycles. The average molecular weight is 391 g/mol. The van der Waals surface area contributed by atoms with Gasteiger partial charge in [-0.15, -0.1) is 11.3 Å². The first-order chi connectivity index (χ1) is 13.7. The van der Waals surface area contributed by atoms with Crippen LogP contribution < -0.4 is 10.1 Å². The molecule has 1 amide bonds. The number of hydrogen-bond donors (Lipinski definition) is 1. The summed E-state index contributed by atoms with van der Waals surface area (Å²) in [5.41, 5.74) is 2.82. The van der Waals surface area contributed by atoms with Gasteiger partial charge >= 0.3 is 0 Å². The Balaban J connectivity index is 1.48. The van der Waals surface area contributed by atoms with Gasteiger partial charge in [0.1, 0.15) is 16.5 Å². The largest absolute Gasteiger partial charge is 0.494 e. The van der Waals surface area contributed by atoms with E-state index in [2.05, 4.69) is 15.3 Å². The molecule has 4 aromatic rings. The number of carbonyl (C=O) groups excluding carboxylic acids is 1. The van der Waals surface area contributed by atoms with E-state index in [-0.39, 0.29) is 5.91 Å². The number of nitrogens with zero attached hydrogens (tertiary/aromatic N) is 2. The van der Waals surface area contributed by atoms with E-state index < -0.39 is 0 Å². The van der Waals surface area contributed by atoms with E-state index in [0.29, 0.717) is 23.7 Å². The summed E-state index contributed by atoms with van der Waals surface area (Å²) in [6, 6.07) is 15.1. The van der Waals surface area contributed by atoms with Crippen LogP contribution in [0.1, 0.15) is 17.4 Å². The third kappa shape index (κ3) is 3.94. The number of nitrogens with one attached hydrogen (secondary N) is 1. The molecule has 6 nitrogen and oxygen atoms in total. The van der Waals surface area contributed by atoms with Crippen molar-refractivity contribution in [2.45, 2.75) is 6.92 Å². The van der Waals surface area contributed by atoms with Crippen LogP contribution in [0.5, 0.6) is 5.75 Å². The fraction of sp³-hybridized carbons (Fsp3) is 0.0952. The second-order valence-electron chi connectivity index (χ2n) is 5.90. The lowest BCUT2D eigenvalue weighted by atomic mass is 10.1. The minimum Gasteiger partial charge on any atom is -0.494 e. The molecular weight excluding hydrogens is 374 g/mol. The van der Waals surface area contributed by atoms with Crippen LogP contribution in [0, 0.1) is 0 Å². The van der Waals surface area contributed by atoms with Crippen LogP contribution in [0.3, 0.4) is 0 Å². The molecule has 0 fully saturated rings. The Hall–Kier alpha value is -3.45. The minimum absolute atomic E-state index is 0.261. The molecule has 0 saturated carbocycles. The van der Waals surface area contributed by atoms with Crippen LogP contribution >= 0.6 is 11.3 Å². The number of ether oxygens (including phenoxy) is 1. The molecule has 140 valence electrons. The fourth-order valence-electron chi connectivity index (χ4n) is 2.67.